The third-order valence-electron chi connectivity index (χ3n) is 5.42. The topological polar surface area (TPSA) is 25.8 Å². The molecule has 0 aromatic carbocycles. The van der Waals surface area contributed by atoms with Crippen molar-refractivity contribution in [2.24, 2.45) is 0 Å². The van der Waals surface area contributed by atoms with Gasteiger partial charge in [-0.05, 0) is 78.6 Å². The summed E-state index contributed by atoms with van der Waals surface area (Å²) in [6.07, 6.45) is 2.51. The number of hydrogen-bond acceptors (Lipinski definition) is 4. The molecule has 2 nitrogen and oxygen atoms in total. The van der Waals surface area contributed by atoms with E-state index in [9.17, 15) is 17.6 Å². The summed E-state index contributed by atoms with van der Waals surface area (Å²) in [6, 6.07) is 9.66. The Morgan fingerprint density at radius 1 is 0.800 bits per heavy atom. The highest BCUT2D eigenvalue weighted by atomic mass is 32.1. The lowest BCUT2D eigenvalue weighted by molar-refractivity contribution is -0.236. The standard InChI is InChI=1S/C25H18F6N2S2/c1-14-18(12-21(34-14)16-3-7-32-8-4-16)11-20(24(28,29)25(30,31)23(26)27)19-13-22(35-15(19)2)17-5-9-33-10-6-17/h3-13,23H,1-2H3/b20-11+. The molecule has 0 aliphatic heterocycles. The average molecular weight is 525 g/mol. The highest BCUT2D eigenvalue weighted by Gasteiger charge is 2.65. The van der Waals surface area contributed by atoms with Crippen LogP contribution in [-0.2, 0) is 0 Å². The van der Waals surface area contributed by atoms with Gasteiger partial charge in [0.25, 0.3) is 0 Å². The Morgan fingerprint density at radius 3 is 1.80 bits per heavy atom. The van der Waals surface area contributed by atoms with Crippen LogP contribution >= 0.6 is 22.7 Å². The SMILES string of the molecule is Cc1sc(-c2ccncc2)cc1/C=C(\c1cc(-c2ccncc2)sc1C)C(F)(F)C(F)(F)C(F)F. The summed E-state index contributed by atoms with van der Waals surface area (Å²) in [6.45, 7) is 3.16. The van der Waals surface area contributed by atoms with Crippen molar-refractivity contribution in [2.75, 3.05) is 0 Å². The molecule has 0 unspecified atom stereocenters. The molecule has 4 rings (SSSR count). The molecule has 0 aliphatic rings. The molecule has 0 saturated carbocycles. The Hall–Kier alpha value is -2.98. The Morgan fingerprint density at radius 2 is 1.29 bits per heavy atom. The molecule has 0 fully saturated rings. The number of hydrogen-bond donors (Lipinski definition) is 0. The smallest absolute Gasteiger partial charge is 0.265 e. The van der Waals surface area contributed by atoms with E-state index >= 15 is 8.78 Å². The predicted molar refractivity (Wildman–Crippen MR) is 128 cm³/mol. The van der Waals surface area contributed by atoms with E-state index < -0.39 is 23.8 Å². The van der Waals surface area contributed by atoms with E-state index in [1.165, 1.54) is 36.7 Å². The zero-order valence-corrected chi connectivity index (χ0v) is 20.0. The number of nitrogens with zero attached hydrogens (tertiary/aromatic N) is 2. The molecular weight excluding hydrogens is 506 g/mol. The Balaban J connectivity index is 1.90. The number of alkyl halides is 6. The van der Waals surface area contributed by atoms with Gasteiger partial charge in [0.2, 0.25) is 0 Å². The van der Waals surface area contributed by atoms with Crippen molar-refractivity contribution >= 4 is 34.3 Å². The van der Waals surface area contributed by atoms with Gasteiger partial charge in [0, 0.05) is 49.9 Å². The van der Waals surface area contributed by atoms with Crippen molar-refractivity contribution < 1.29 is 26.3 Å². The van der Waals surface area contributed by atoms with Crippen LogP contribution in [0.5, 0.6) is 0 Å². The van der Waals surface area contributed by atoms with Gasteiger partial charge in [0.15, 0.2) is 0 Å². The van der Waals surface area contributed by atoms with Crippen molar-refractivity contribution in [3.8, 4) is 20.9 Å². The second-order valence-corrected chi connectivity index (χ2v) is 10.2. The van der Waals surface area contributed by atoms with Crippen molar-refractivity contribution in [3.63, 3.8) is 0 Å². The van der Waals surface area contributed by atoms with Crippen LogP contribution < -0.4 is 0 Å². The van der Waals surface area contributed by atoms with Crippen molar-refractivity contribution in [3.05, 3.63) is 82.1 Å². The molecule has 4 aromatic rings. The predicted octanol–water partition coefficient (Wildman–Crippen LogP) is 8.63. The first-order valence-electron chi connectivity index (χ1n) is 10.3. The highest BCUT2D eigenvalue weighted by Crippen LogP contribution is 2.51. The first kappa shape index (κ1) is 25.1. The molecule has 0 radical (unpaired) electrons. The fraction of sp³-hybridized carbons (Fsp3) is 0.200. The first-order valence-corrected chi connectivity index (χ1v) is 11.9. The summed E-state index contributed by atoms with van der Waals surface area (Å²) < 4.78 is 85.2. The molecule has 0 spiro atoms. The number of allylic oxidation sites excluding steroid dienone is 1. The summed E-state index contributed by atoms with van der Waals surface area (Å²) in [7, 11) is 0. The van der Waals surface area contributed by atoms with Gasteiger partial charge in [-0.25, -0.2) is 8.78 Å². The third kappa shape index (κ3) is 4.77. The van der Waals surface area contributed by atoms with Gasteiger partial charge in [-0.1, -0.05) is 0 Å². The second-order valence-electron chi connectivity index (χ2n) is 7.73. The molecule has 0 amide bonds. The van der Waals surface area contributed by atoms with Gasteiger partial charge in [0.05, 0.1) is 0 Å². The van der Waals surface area contributed by atoms with Crippen molar-refractivity contribution in [1.29, 1.82) is 0 Å². The monoisotopic (exact) mass is 524 g/mol. The first-order chi connectivity index (χ1) is 16.5. The van der Waals surface area contributed by atoms with E-state index in [0.717, 1.165) is 23.0 Å². The van der Waals surface area contributed by atoms with Crippen LogP contribution in [0, 0.1) is 13.8 Å². The number of aromatic nitrogens is 2. The second kappa shape index (κ2) is 9.58. The molecule has 0 saturated heterocycles. The Labute approximate surface area is 205 Å². The summed E-state index contributed by atoms with van der Waals surface area (Å²) >= 11 is 2.39. The molecule has 35 heavy (non-hydrogen) atoms. The summed E-state index contributed by atoms with van der Waals surface area (Å²) in [5.74, 6) is -10.7. The number of rotatable bonds is 7. The third-order valence-corrected chi connectivity index (χ3v) is 7.64. The fourth-order valence-corrected chi connectivity index (χ4v) is 5.56. The summed E-state index contributed by atoms with van der Waals surface area (Å²) in [4.78, 5) is 9.96. The number of thiophene rings is 2. The molecule has 182 valence electrons. The number of pyridine rings is 2. The Kier molecular flexibility index (Phi) is 6.88. The maximum atomic E-state index is 15.2. The number of halogens is 6. The van der Waals surface area contributed by atoms with E-state index in [1.54, 1.807) is 49.6 Å². The minimum absolute atomic E-state index is 0.205. The van der Waals surface area contributed by atoms with Gasteiger partial charge in [-0.2, -0.15) is 17.6 Å². The van der Waals surface area contributed by atoms with E-state index in [4.69, 9.17) is 0 Å². The van der Waals surface area contributed by atoms with E-state index in [1.807, 2.05) is 0 Å². The van der Waals surface area contributed by atoms with Crippen LogP contribution in [0.15, 0.2) is 61.2 Å². The lowest BCUT2D eigenvalue weighted by atomic mass is 9.93. The van der Waals surface area contributed by atoms with E-state index in [-0.39, 0.29) is 11.1 Å². The highest BCUT2D eigenvalue weighted by molar-refractivity contribution is 7.16. The largest absolute Gasteiger partial charge is 0.373 e. The zero-order chi connectivity index (χ0) is 25.4. The van der Waals surface area contributed by atoms with Crippen LogP contribution in [0.3, 0.4) is 0 Å². The van der Waals surface area contributed by atoms with Gasteiger partial charge in [-0.15, -0.1) is 22.7 Å². The normalized spacial score (nSPS) is 13.0. The van der Waals surface area contributed by atoms with E-state index in [2.05, 4.69) is 9.97 Å². The Bertz CT molecular complexity index is 1350. The molecule has 4 heterocycles. The molecule has 0 N–H and O–H groups in total. The molecule has 4 aromatic heterocycles. The molecule has 0 atom stereocenters. The van der Waals surface area contributed by atoms with Crippen LogP contribution in [-0.4, -0.2) is 28.2 Å². The van der Waals surface area contributed by atoms with Gasteiger partial charge in [-0.3, -0.25) is 9.97 Å². The quantitative estimate of drug-likeness (QED) is 0.226. The zero-order valence-electron chi connectivity index (χ0n) is 18.4. The van der Waals surface area contributed by atoms with Crippen LogP contribution in [0.1, 0.15) is 20.9 Å². The van der Waals surface area contributed by atoms with Gasteiger partial charge in [0.1, 0.15) is 0 Å². The molecule has 0 aliphatic carbocycles. The minimum atomic E-state index is -5.57. The molecule has 10 heteroatoms. The number of aryl methyl sites for hydroxylation is 2. The van der Waals surface area contributed by atoms with Crippen LogP contribution in [0.2, 0.25) is 0 Å². The van der Waals surface area contributed by atoms with Crippen LogP contribution in [0.25, 0.3) is 32.5 Å². The van der Waals surface area contributed by atoms with Gasteiger partial charge < -0.3 is 0 Å². The van der Waals surface area contributed by atoms with Crippen LogP contribution in [0.4, 0.5) is 26.3 Å². The van der Waals surface area contributed by atoms with Crippen molar-refractivity contribution in [2.45, 2.75) is 32.1 Å². The minimum Gasteiger partial charge on any atom is -0.265 e. The fourth-order valence-electron chi connectivity index (χ4n) is 3.52. The summed E-state index contributed by atoms with van der Waals surface area (Å²) in [5.41, 5.74) is 0.305. The average Bonchev–Trinajstić information content (AvgIpc) is 3.40. The summed E-state index contributed by atoms with van der Waals surface area (Å²) in [5, 5.41) is 0. The molecular formula is C25H18F6N2S2. The molecule has 0 bridgehead atoms. The maximum absolute atomic E-state index is 15.2. The maximum Gasteiger partial charge on any atom is 0.373 e. The van der Waals surface area contributed by atoms with E-state index in [0.29, 0.717) is 25.1 Å². The van der Waals surface area contributed by atoms with Gasteiger partial charge >= 0.3 is 18.3 Å². The van der Waals surface area contributed by atoms with Crippen molar-refractivity contribution in [1.82, 2.24) is 9.97 Å². The lowest BCUT2D eigenvalue weighted by Gasteiger charge is -2.28. The lowest BCUT2D eigenvalue weighted by Crippen LogP contribution is -2.47.